The van der Waals surface area contributed by atoms with Gasteiger partial charge in [0, 0.05) is 17.3 Å². The lowest BCUT2D eigenvalue weighted by molar-refractivity contribution is -0.141. The van der Waals surface area contributed by atoms with Crippen LogP contribution in [0.3, 0.4) is 0 Å². The van der Waals surface area contributed by atoms with E-state index in [0.29, 0.717) is 16.6 Å². The number of alkyl halides is 3. The molecule has 2 aromatic heterocycles. The lowest BCUT2D eigenvalue weighted by Gasteiger charge is -2.06. The summed E-state index contributed by atoms with van der Waals surface area (Å²) >= 11 is 0. The largest absolute Gasteiger partial charge is 0.435 e. The van der Waals surface area contributed by atoms with E-state index in [1.807, 2.05) is 0 Å². The number of hydrogen-bond donors (Lipinski definition) is 1. The van der Waals surface area contributed by atoms with Crippen molar-refractivity contribution in [2.75, 3.05) is 5.73 Å². The summed E-state index contributed by atoms with van der Waals surface area (Å²) in [5.74, 6) is 0.248. The number of nitrogens with two attached hydrogens (primary N) is 1. The second-order valence-electron chi connectivity index (χ2n) is 4.12. The molecule has 0 saturated carbocycles. The van der Waals surface area contributed by atoms with Crippen LogP contribution in [0.25, 0.3) is 16.7 Å². The minimum Gasteiger partial charge on any atom is -0.399 e. The summed E-state index contributed by atoms with van der Waals surface area (Å²) in [6.45, 7) is 0. The average molecular weight is 279 g/mol. The van der Waals surface area contributed by atoms with Crippen molar-refractivity contribution in [1.29, 1.82) is 0 Å². The standard InChI is InChI=1S/C12H8F3N5/c13-12(14,15)10-3-4-20(19-10)11-8-5-7(16)1-2-9(8)17-6-18-11/h1-6H,16H2. The van der Waals surface area contributed by atoms with Gasteiger partial charge in [0.25, 0.3) is 0 Å². The highest BCUT2D eigenvalue weighted by Crippen LogP contribution is 2.28. The molecule has 0 aliphatic heterocycles. The monoisotopic (exact) mass is 279 g/mol. The number of halogens is 3. The third-order valence-electron chi connectivity index (χ3n) is 2.73. The molecule has 3 aromatic rings. The second-order valence-corrected chi connectivity index (χ2v) is 4.12. The fourth-order valence-electron chi connectivity index (χ4n) is 1.84. The Hall–Kier alpha value is -2.64. The minimum absolute atomic E-state index is 0.248. The summed E-state index contributed by atoms with van der Waals surface area (Å²) in [5, 5.41) is 4.02. The van der Waals surface area contributed by atoms with Gasteiger partial charge < -0.3 is 5.73 Å². The number of anilines is 1. The summed E-state index contributed by atoms with van der Waals surface area (Å²) in [7, 11) is 0. The van der Waals surface area contributed by atoms with Crippen LogP contribution >= 0.6 is 0 Å². The zero-order chi connectivity index (χ0) is 14.3. The molecular formula is C12H8F3N5. The number of nitrogen functional groups attached to an aromatic ring is 1. The van der Waals surface area contributed by atoms with Crippen molar-refractivity contribution in [2.45, 2.75) is 6.18 Å². The number of nitrogens with zero attached hydrogens (tertiary/aromatic N) is 4. The third-order valence-corrected chi connectivity index (χ3v) is 2.73. The molecule has 0 unspecified atom stereocenters. The van der Waals surface area contributed by atoms with Gasteiger partial charge in [-0.3, -0.25) is 0 Å². The highest BCUT2D eigenvalue weighted by Gasteiger charge is 2.33. The Labute approximate surface area is 110 Å². The fraction of sp³-hybridized carbons (Fsp3) is 0.0833. The number of fused-ring (bicyclic) bond motifs is 1. The third kappa shape index (κ3) is 2.04. The first-order valence-corrected chi connectivity index (χ1v) is 5.58. The van der Waals surface area contributed by atoms with E-state index in [9.17, 15) is 13.2 Å². The van der Waals surface area contributed by atoms with E-state index in [1.54, 1.807) is 18.2 Å². The first-order valence-electron chi connectivity index (χ1n) is 5.58. The number of rotatable bonds is 1. The van der Waals surface area contributed by atoms with Crippen molar-refractivity contribution in [2.24, 2.45) is 0 Å². The highest BCUT2D eigenvalue weighted by atomic mass is 19.4. The maximum absolute atomic E-state index is 12.6. The van der Waals surface area contributed by atoms with E-state index in [1.165, 1.54) is 12.5 Å². The molecule has 1 aromatic carbocycles. The first kappa shape index (κ1) is 12.4. The molecule has 0 radical (unpaired) electrons. The van der Waals surface area contributed by atoms with Crippen LogP contribution < -0.4 is 5.73 Å². The molecule has 0 bridgehead atoms. The van der Waals surface area contributed by atoms with Crippen LogP contribution in [0.2, 0.25) is 0 Å². The van der Waals surface area contributed by atoms with Gasteiger partial charge in [-0.1, -0.05) is 0 Å². The zero-order valence-electron chi connectivity index (χ0n) is 9.96. The van der Waals surface area contributed by atoms with Crippen LogP contribution in [-0.2, 0) is 6.18 Å². The van der Waals surface area contributed by atoms with Crippen LogP contribution in [0, 0.1) is 0 Å². The summed E-state index contributed by atoms with van der Waals surface area (Å²) < 4.78 is 38.8. The summed E-state index contributed by atoms with van der Waals surface area (Å²) in [4.78, 5) is 8.01. The molecule has 0 aliphatic carbocycles. The summed E-state index contributed by atoms with van der Waals surface area (Å²) in [5.41, 5.74) is 5.75. The molecular weight excluding hydrogens is 271 g/mol. The zero-order valence-corrected chi connectivity index (χ0v) is 9.96. The molecule has 0 atom stereocenters. The fourth-order valence-corrected chi connectivity index (χ4v) is 1.84. The predicted molar refractivity (Wildman–Crippen MR) is 66.1 cm³/mol. The van der Waals surface area contributed by atoms with Crippen LogP contribution in [0.5, 0.6) is 0 Å². The van der Waals surface area contributed by atoms with E-state index in [4.69, 9.17) is 5.73 Å². The molecule has 0 amide bonds. The van der Waals surface area contributed by atoms with Crippen molar-refractivity contribution in [3.63, 3.8) is 0 Å². The number of aromatic nitrogens is 4. The van der Waals surface area contributed by atoms with E-state index < -0.39 is 11.9 Å². The molecule has 2 N–H and O–H groups in total. The Bertz CT molecular complexity index is 778. The topological polar surface area (TPSA) is 69.6 Å². The van der Waals surface area contributed by atoms with Gasteiger partial charge in [0.2, 0.25) is 0 Å². The molecule has 0 saturated heterocycles. The van der Waals surface area contributed by atoms with E-state index in [-0.39, 0.29) is 5.82 Å². The first-order chi connectivity index (χ1) is 9.45. The maximum atomic E-state index is 12.6. The molecule has 0 fully saturated rings. The Balaban J connectivity index is 2.19. The summed E-state index contributed by atoms with van der Waals surface area (Å²) in [6, 6.07) is 5.81. The van der Waals surface area contributed by atoms with Crippen LogP contribution in [0.15, 0.2) is 36.8 Å². The number of hydrogen-bond acceptors (Lipinski definition) is 4. The van der Waals surface area contributed by atoms with Crippen molar-refractivity contribution in [1.82, 2.24) is 19.7 Å². The van der Waals surface area contributed by atoms with Gasteiger partial charge in [-0.05, 0) is 24.3 Å². The molecule has 102 valence electrons. The van der Waals surface area contributed by atoms with Gasteiger partial charge in [0.05, 0.1) is 5.52 Å². The van der Waals surface area contributed by atoms with Gasteiger partial charge in [0.1, 0.15) is 6.33 Å². The van der Waals surface area contributed by atoms with Gasteiger partial charge in [-0.25, -0.2) is 14.6 Å². The molecule has 0 aliphatic rings. The van der Waals surface area contributed by atoms with E-state index >= 15 is 0 Å². The smallest absolute Gasteiger partial charge is 0.399 e. The van der Waals surface area contributed by atoms with Gasteiger partial charge >= 0.3 is 6.18 Å². The molecule has 0 spiro atoms. The molecule has 8 heteroatoms. The maximum Gasteiger partial charge on any atom is 0.435 e. The van der Waals surface area contributed by atoms with Crippen LogP contribution in [-0.4, -0.2) is 19.7 Å². The highest BCUT2D eigenvalue weighted by molar-refractivity contribution is 5.87. The van der Waals surface area contributed by atoms with Gasteiger partial charge in [0.15, 0.2) is 11.5 Å². The molecule has 3 rings (SSSR count). The van der Waals surface area contributed by atoms with Gasteiger partial charge in [-0.15, -0.1) is 0 Å². The SMILES string of the molecule is Nc1ccc2ncnc(-n3ccc(C(F)(F)F)n3)c2c1. The second kappa shape index (κ2) is 4.19. The van der Waals surface area contributed by atoms with Crippen molar-refractivity contribution >= 4 is 16.6 Å². The Morgan fingerprint density at radius 2 is 1.90 bits per heavy atom. The Kier molecular flexibility index (Phi) is 2.60. The van der Waals surface area contributed by atoms with Crippen molar-refractivity contribution < 1.29 is 13.2 Å². The lowest BCUT2D eigenvalue weighted by Crippen LogP contribution is -2.08. The van der Waals surface area contributed by atoms with E-state index in [0.717, 1.165) is 10.7 Å². The number of benzene rings is 1. The Morgan fingerprint density at radius 1 is 1.10 bits per heavy atom. The summed E-state index contributed by atoms with van der Waals surface area (Å²) in [6.07, 6.45) is -2.02. The average Bonchev–Trinajstić information content (AvgIpc) is 2.87. The quantitative estimate of drug-likeness (QED) is 0.694. The predicted octanol–water partition coefficient (Wildman–Crippen LogP) is 2.42. The van der Waals surface area contributed by atoms with Crippen LogP contribution in [0.1, 0.15) is 5.69 Å². The molecule has 2 heterocycles. The lowest BCUT2D eigenvalue weighted by atomic mass is 10.2. The van der Waals surface area contributed by atoms with Crippen molar-refractivity contribution in [3.05, 3.63) is 42.5 Å². The van der Waals surface area contributed by atoms with E-state index in [2.05, 4.69) is 15.1 Å². The van der Waals surface area contributed by atoms with Crippen LogP contribution in [0.4, 0.5) is 18.9 Å². The molecule has 5 nitrogen and oxygen atoms in total. The normalized spacial score (nSPS) is 11.9. The van der Waals surface area contributed by atoms with Gasteiger partial charge in [-0.2, -0.15) is 18.3 Å². The molecule has 20 heavy (non-hydrogen) atoms. The Morgan fingerprint density at radius 3 is 2.60 bits per heavy atom. The van der Waals surface area contributed by atoms with Crippen molar-refractivity contribution in [3.8, 4) is 5.82 Å². The minimum atomic E-state index is -4.49.